The number of thioether (sulfide) groups is 1. The van der Waals surface area contributed by atoms with Gasteiger partial charge in [0.2, 0.25) is 11.8 Å². The van der Waals surface area contributed by atoms with Crippen molar-refractivity contribution in [2.75, 3.05) is 18.5 Å². The zero-order valence-electron chi connectivity index (χ0n) is 21.5. The second-order valence-corrected chi connectivity index (χ2v) is 9.99. The number of ether oxygens (including phenoxy) is 1. The maximum Gasteiger partial charge on any atom is 0.416 e. The highest BCUT2D eigenvalue weighted by Crippen LogP contribution is 2.34. The molecule has 3 aromatic rings. The summed E-state index contributed by atoms with van der Waals surface area (Å²) in [5.74, 6) is -1.32. The summed E-state index contributed by atoms with van der Waals surface area (Å²) >= 11 is 1.02. The molecule has 1 unspecified atom stereocenters. The van der Waals surface area contributed by atoms with Crippen molar-refractivity contribution in [2.24, 2.45) is 4.99 Å². The minimum absolute atomic E-state index is 0.0189. The predicted octanol–water partition coefficient (Wildman–Crippen LogP) is 6.09. The molecule has 1 aliphatic heterocycles. The molecule has 4 rings (SSSR count). The first-order chi connectivity index (χ1) is 19.1. The van der Waals surface area contributed by atoms with Gasteiger partial charge in [-0.15, -0.1) is 0 Å². The fourth-order valence-electron chi connectivity index (χ4n) is 3.94. The van der Waals surface area contributed by atoms with Gasteiger partial charge in [0, 0.05) is 18.7 Å². The molecule has 3 aromatic carbocycles. The van der Waals surface area contributed by atoms with Crippen LogP contribution in [0.15, 0.2) is 83.9 Å². The molecule has 1 aliphatic rings. The maximum atomic E-state index is 13.3. The van der Waals surface area contributed by atoms with E-state index in [0.717, 1.165) is 29.5 Å². The highest BCUT2D eigenvalue weighted by atomic mass is 32.2. The fourth-order valence-corrected chi connectivity index (χ4v) is 5.06. The fraction of sp³-hybridized carbons (Fsp3) is 0.241. The number of benzene rings is 3. The van der Waals surface area contributed by atoms with E-state index in [2.05, 4.69) is 10.3 Å². The van der Waals surface area contributed by atoms with Crippen LogP contribution < -0.4 is 5.32 Å². The minimum Gasteiger partial charge on any atom is -0.462 e. The van der Waals surface area contributed by atoms with Gasteiger partial charge >= 0.3 is 12.1 Å². The van der Waals surface area contributed by atoms with Gasteiger partial charge in [0.1, 0.15) is 5.25 Å². The Morgan fingerprint density at radius 1 is 1.05 bits per heavy atom. The van der Waals surface area contributed by atoms with Crippen LogP contribution in [0, 0.1) is 0 Å². The number of aliphatic imine (C=N–C) groups is 1. The van der Waals surface area contributed by atoms with Crippen LogP contribution in [-0.2, 0) is 26.9 Å². The standard InChI is InChI=1S/C29H26F3N3O4S/c1-2-39-27(38)20-11-13-22(14-12-20)33-26(37)24-18-25(36)35(16-15-19-7-4-3-5-8-19)28(40-24)34-23-10-6-9-21(17-23)29(30,31)32/h3-14,17,24H,2,15-16,18H2,1H3,(H,33,37). The molecule has 1 heterocycles. The molecule has 2 amide bonds. The number of carbonyl (C=O) groups is 3. The van der Waals surface area contributed by atoms with Gasteiger partial charge in [-0.2, -0.15) is 13.2 Å². The van der Waals surface area contributed by atoms with Crippen molar-refractivity contribution >= 4 is 46.1 Å². The number of anilines is 1. The van der Waals surface area contributed by atoms with Gasteiger partial charge in [0.25, 0.3) is 0 Å². The van der Waals surface area contributed by atoms with E-state index in [-0.39, 0.29) is 36.3 Å². The number of alkyl halides is 3. The van der Waals surface area contributed by atoms with Gasteiger partial charge < -0.3 is 10.1 Å². The Kier molecular flexibility index (Phi) is 9.26. The van der Waals surface area contributed by atoms with Gasteiger partial charge in [0.05, 0.1) is 23.4 Å². The number of nitrogens with zero attached hydrogens (tertiary/aromatic N) is 2. The molecule has 0 aliphatic carbocycles. The first-order valence-corrected chi connectivity index (χ1v) is 13.4. The normalized spacial score (nSPS) is 16.6. The lowest BCUT2D eigenvalue weighted by molar-refractivity contribution is -0.137. The van der Waals surface area contributed by atoms with Crippen molar-refractivity contribution < 1.29 is 32.3 Å². The SMILES string of the molecule is CCOC(=O)c1ccc(NC(=O)C2CC(=O)N(CCc3ccccc3)C(=Nc3cccc(C(F)(F)F)c3)S2)cc1. The van der Waals surface area contributed by atoms with Gasteiger partial charge in [-0.1, -0.05) is 48.2 Å². The number of carbonyl (C=O) groups excluding carboxylic acids is 3. The predicted molar refractivity (Wildman–Crippen MR) is 147 cm³/mol. The summed E-state index contributed by atoms with van der Waals surface area (Å²) in [7, 11) is 0. The van der Waals surface area contributed by atoms with Crippen molar-refractivity contribution in [3.05, 3.63) is 95.6 Å². The number of amidine groups is 1. The smallest absolute Gasteiger partial charge is 0.416 e. The average Bonchev–Trinajstić information content (AvgIpc) is 2.93. The Balaban J connectivity index is 1.55. The lowest BCUT2D eigenvalue weighted by atomic mass is 10.1. The Labute approximate surface area is 233 Å². The quantitative estimate of drug-likeness (QED) is 0.332. The molecule has 1 saturated heterocycles. The van der Waals surface area contributed by atoms with Crippen LogP contribution in [0.5, 0.6) is 0 Å². The minimum atomic E-state index is -4.55. The number of nitrogens with one attached hydrogen (secondary N) is 1. The monoisotopic (exact) mass is 569 g/mol. The van der Waals surface area contributed by atoms with Crippen LogP contribution in [0.25, 0.3) is 0 Å². The zero-order valence-corrected chi connectivity index (χ0v) is 22.3. The Morgan fingerprint density at radius 2 is 1.77 bits per heavy atom. The Morgan fingerprint density at radius 3 is 2.45 bits per heavy atom. The van der Waals surface area contributed by atoms with Crippen molar-refractivity contribution in [1.82, 2.24) is 4.90 Å². The third-order valence-electron chi connectivity index (χ3n) is 5.96. The first kappa shape index (κ1) is 28.9. The molecule has 1 N–H and O–H groups in total. The zero-order chi connectivity index (χ0) is 28.7. The molecule has 208 valence electrons. The largest absolute Gasteiger partial charge is 0.462 e. The first-order valence-electron chi connectivity index (χ1n) is 12.5. The number of halogens is 3. The van der Waals surface area contributed by atoms with E-state index in [0.29, 0.717) is 17.7 Å². The molecule has 7 nitrogen and oxygen atoms in total. The van der Waals surface area contributed by atoms with E-state index in [4.69, 9.17) is 4.74 Å². The van der Waals surface area contributed by atoms with Crippen LogP contribution in [0.2, 0.25) is 0 Å². The topological polar surface area (TPSA) is 88.1 Å². The summed E-state index contributed by atoms with van der Waals surface area (Å²) in [6, 6.07) is 20.1. The molecule has 0 spiro atoms. The summed E-state index contributed by atoms with van der Waals surface area (Å²) in [4.78, 5) is 44.0. The van der Waals surface area contributed by atoms with E-state index >= 15 is 0 Å². The van der Waals surface area contributed by atoms with Crippen LogP contribution in [0.1, 0.15) is 34.8 Å². The number of amides is 2. The summed E-state index contributed by atoms with van der Waals surface area (Å²) in [6.07, 6.45) is -4.17. The van der Waals surface area contributed by atoms with Crippen molar-refractivity contribution in [3.8, 4) is 0 Å². The maximum absolute atomic E-state index is 13.3. The van der Waals surface area contributed by atoms with E-state index in [1.54, 1.807) is 19.1 Å². The molecule has 0 bridgehead atoms. The molecule has 1 fully saturated rings. The summed E-state index contributed by atoms with van der Waals surface area (Å²) in [5, 5.41) is 2.01. The summed E-state index contributed by atoms with van der Waals surface area (Å²) in [5.41, 5.74) is 0.869. The van der Waals surface area contributed by atoms with Crippen LogP contribution >= 0.6 is 11.8 Å². The Bertz CT molecular complexity index is 1400. The molecule has 0 saturated carbocycles. The van der Waals surface area contributed by atoms with Crippen LogP contribution in [0.3, 0.4) is 0 Å². The van der Waals surface area contributed by atoms with Crippen molar-refractivity contribution in [1.29, 1.82) is 0 Å². The third-order valence-corrected chi connectivity index (χ3v) is 7.15. The molecule has 11 heteroatoms. The molecule has 40 heavy (non-hydrogen) atoms. The molecule has 0 radical (unpaired) electrons. The Hall–Kier alpha value is -4.12. The summed E-state index contributed by atoms with van der Waals surface area (Å²) in [6.45, 7) is 2.18. The van der Waals surface area contributed by atoms with E-state index in [1.165, 1.54) is 29.2 Å². The molecular weight excluding hydrogens is 543 g/mol. The van der Waals surface area contributed by atoms with E-state index in [1.807, 2.05) is 30.3 Å². The molecule has 0 aromatic heterocycles. The third kappa shape index (κ3) is 7.50. The lowest BCUT2D eigenvalue weighted by Gasteiger charge is -2.32. The number of hydrogen-bond donors (Lipinski definition) is 1. The van der Waals surface area contributed by atoms with Gasteiger partial charge in [-0.3, -0.25) is 14.5 Å². The number of rotatable bonds is 8. The second kappa shape index (κ2) is 12.8. The molecular formula is C29H26F3N3O4S. The number of esters is 1. The molecule has 1 atom stereocenters. The highest BCUT2D eigenvalue weighted by molar-refractivity contribution is 8.15. The lowest BCUT2D eigenvalue weighted by Crippen LogP contribution is -2.46. The van der Waals surface area contributed by atoms with E-state index in [9.17, 15) is 27.6 Å². The van der Waals surface area contributed by atoms with Crippen molar-refractivity contribution in [2.45, 2.75) is 31.2 Å². The summed E-state index contributed by atoms with van der Waals surface area (Å²) < 4.78 is 44.8. The van der Waals surface area contributed by atoms with E-state index < -0.39 is 28.9 Å². The average molecular weight is 570 g/mol. The van der Waals surface area contributed by atoms with Crippen LogP contribution in [-0.4, -0.2) is 46.3 Å². The van der Waals surface area contributed by atoms with Crippen molar-refractivity contribution in [3.63, 3.8) is 0 Å². The second-order valence-electron chi connectivity index (χ2n) is 8.82. The highest BCUT2D eigenvalue weighted by Gasteiger charge is 2.36. The number of hydrogen-bond acceptors (Lipinski definition) is 6. The van der Waals surface area contributed by atoms with Gasteiger partial charge in [0.15, 0.2) is 5.17 Å². The van der Waals surface area contributed by atoms with Crippen LogP contribution in [0.4, 0.5) is 24.5 Å². The van der Waals surface area contributed by atoms with Gasteiger partial charge in [-0.25, -0.2) is 9.79 Å². The van der Waals surface area contributed by atoms with Gasteiger partial charge in [-0.05, 0) is 61.4 Å².